The fraction of sp³-hybridized carbons (Fsp3) is 0.533. The van der Waals surface area contributed by atoms with Gasteiger partial charge in [-0.25, -0.2) is 0 Å². The van der Waals surface area contributed by atoms with E-state index in [1.807, 2.05) is 6.20 Å². The van der Waals surface area contributed by atoms with Crippen LogP contribution in [0.1, 0.15) is 83.8 Å². The van der Waals surface area contributed by atoms with Crippen molar-refractivity contribution in [1.29, 1.82) is 0 Å². The predicted molar refractivity (Wildman–Crippen MR) is 148 cm³/mol. The molecule has 1 aliphatic carbocycles. The van der Waals surface area contributed by atoms with Gasteiger partial charge in [0, 0.05) is 17.5 Å². The zero-order chi connectivity index (χ0) is 24.3. The van der Waals surface area contributed by atoms with Gasteiger partial charge in [-0.15, -0.1) is 0 Å². The van der Waals surface area contributed by atoms with E-state index in [9.17, 15) is 0 Å². The highest BCUT2D eigenvalue weighted by Gasteiger charge is 2.17. The summed E-state index contributed by atoms with van der Waals surface area (Å²) in [5.41, 5.74) is 7.13. The quantitative estimate of drug-likeness (QED) is 0.262. The van der Waals surface area contributed by atoms with E-state index in [0.717, 1.165) is 37.5 Å². The minimum atomic E-state index is 0.484. The number of aryl methyl sites for hydroxylation is 1. The van der Waals surface area contributed by atoms with Gasteiger partial charge in [0.1, 0.15) is 0 Å². The molecule has 3 rings (SSSR count). The molecule has 0 unspecified atom stereocenters. The number of piperidine rings is 1. The number of hydrogen-bond acceptors (Lipinski definition) is 3. The third-order valence-corrected chi connectivity index (χ3v) is 7.11. The van der Waals surface area contributed by atoms with Crippen molar-refractivity contribution < 1.29 is 0 Å². The van der Waals surface area contributed by atoms with Crippen molar-refractivity contribution in [3.05, 3.63) is 64.9 Å². The standard InChI is InChI=1S/C30H44N4/c1-6-26(17-20-32-25(5)34-29-13-8-7-9-14-29)23(3)30(28-12-10-11-22(2)21-28)33-24(4)27-15-18-31-19-16-27/h6,10-12,17,20-21,27,29,31H,7-9,13-16,18-19H2,1-5H3,(H,32,34)/b20-17-,26-6-,30-23+,33-24?. The molecule has 1 heterocycles. The minimum absolute atomic E-state index is 0.484. The van der Waals surface area contributed by atoms with Gasteiger partial charge < -0.3 is 10.6 Å². The van der Waals surface area contributed by atoms with Gasteiger partial charge in [0.25, 0.3) is 0 Å². The van der Waals surface area contributed by atoms with Gasteiger partial charge in [-0.1, -0.05) is 49.1 Å². The summed E-state index contributed by atoms with van der Waals surface area (Å²) in [6.07, 6.45) is 15.1. The Bertz CT molecular complexity index is 952. The lowest BCUT2D eigenvalue weighted by Crippen LogP contribution is -2.31. The van der Waals surface area contributed by atoms with Gasteiger partial charge in [-0.05, 0) is 103 Å². The van der Waals surface area contributed by atoms with Gasteiger partial charge in [0.05, 0.1) is 17.6 Å². The van der Waals surface area contributed by atoms with E-state index in [4.69, 9.17) is 9.98 Å². The smallest absolute Gasteiger partial charge is 0.0974 e. The summed E-state index contributed by atoms with van der Waals surface area (Å²) in [6.45, 7) is 12.9. The fourth-order valence-corrected chi connectivity index (χ4v) is 5.01. The second kappa shape index (κ2) is 13.4. The fourth-order valence-electron chi connectivity index (χ4n) is 5.01. The molecule has 1 aromatic carbocycles. The van der Waals surface area contributed by atoms with E-state index in [0.29, 0.717) is 12.0 Å². The molecule has 0 radical (unpaired) electrons. The molecule has 34 heavy (non-hydrogen) atoms. The van der Waals surface area contributed by atoms with Crippen LogP contribution in [0.2, 0.25) is 0 Å². The largest absolute Gasteiger partial charge is 0.351 e. The molecular formula is C30H44N4. The monoisotopic (exact) mass is 460 g/mol. The number of allylic oxidation sites excluding steroid dienone is 4. The second-order valence-corrected chi connectivity index (χ2v) is 9.85. The van der Waals surface area contributed by atoms with Crippen LogP contribution in [0.5, 0.6) is 0 Å². The molecule has 1 saturated carbocycles. The van der Waals surface area contributed by atoms with Crippen molar-refractivity contribution in [2.45, 2.75) is 85.6 Å². The second-order valence-electron chi connectivity index (χ2n) is 9.85. The first-order chi connectivity index (χ1) is 16.5. The molecule has 1 saturated heterocycles. The molecule has 2 aliphatic rings. The Morgan fingerprint density at radius 1 is 1.03 bits per heavy atom. The van der Waals surface area contributed by atoms with Crippen molar-refractivity contribution in [3.8, 4) is 0 Å². The van der Waals surface area contributed by atoms with Crippen molar-refractivity contribution in [2.24, 2.45) is 15.9 Å². The van der Waals surface area contributed by atoms with Gasteiger partial charge >= 0.3 is 0 Å². The zero-order valence-corrected chi connectivity index (χ0v) is 22.0. The van der Waals surface area contributed by atoms with Crippen molar-refractivity contribution >= 4 is 17.2 Å². The summed E-state index contributed by atoms with van der Waals surface area (Å²) >= 11 is 0. The molecule has 1 aromatic rings. The normalized spacial score (nSPS) is 20.6. The highest BCUT2D eigenvalue weighted by molar-refractivity contribution is 5.91. The van der Waals surface area contributed by atoms with Gasteiger partial charge in [-0.2, -0.15) is 0 Å². The van der Waals surface area contributed by atoms with Crippen LogP contribution in [0.4, 0.5) is 0 Å². The molecule has 2 N–H and O–H groups in total. The number of benzene rings is 1. The lowest BCUT2D eigenvalue weighted by Gasteiger charge is -2.23. The van der Waals surface area contributed by atoms with Crippen molar-refractivity contribution in [2.75, 3.05) is 13.1 Å². The number of hydrogen-bond donors (Lipinski definition) is 2. The number of nitrogens with zero attached hydrogens (tertiary/aromatic N) is 2. The van der Waals surface area contributed by atoms with Crippen LogP contribution in [-0.2, 0) is 0 Å². The average molecular weight is 461 g/mol. The van der Waals surface area contributed by atoms with E-state index < -0.39 is 0 Å². The molecule has 0 bridgehead atoms. The maximum absolute atomic E-state index is 5.25. The van der Waals surface area contributed by atoms with Gasteiger partial charge in [0.2, 0.25) is 0 Å². The molecule has 4 nitrogen and oxygen atoms in total. The SMILES string of the molecule is C/C=C(/C=C\NC(C)=NC1CCCCC1)C(\C)=C(\N=C(C)C1CCNCC1)c1cccc(C)c1. The molecule has 0 atom stereocenters. The highest BCUT2D eigenvalue weighted by atomic mass is 15.0. The lowest BCUT2D eigenvalue weighted by atomic mass is 9.93. The molecular weight excluding hydrogens is 416 g/mol. The summed E-state index contributed by atoms with van der Waals surface area (Å²) in [4.78, 5) is 10.1. The third kappa shape index (κ3) is 7.80. The summed E-state index contributed by atoms with van der Waals surface area (Å²) in [5, 5.41) is 6.86. The number of nitrogens with one attached hydrogen (secondary N) is 2. The molecule has 1 aliphatic heterocycles. The van der Waals surface area contributed by atoms with Gasteiger partial charge in [-0.3, -0.25) is 9.98 Å². The predicted octanol–water partition coefficient (Wildman–Crippen LogP) is 6.99. The van der Waals surface area contributed by atoms with Crippen LogP contribution >= 0.6 is 0 Å². The van der Waals surface area contributed by atoms with E-state index in [1.54, 1.807) is 0 Å². The first-order valence-electron chi connectivity index (χ1n) is 13.2. The third-order valence-electron chi connectivity index (χ3n) is 7.11. The van der Waals surface area contributed by atoms with Crippen LogP contribution in [0.15, 0.2) is 63.7 Å². The summed E-state index contributed by atoms with van der Waals surface area (Å²) in [5.74, 6) is 1.55. The average Bonchev–Trinajstić information content (AvgIpc) is 2.86. The minimum Gasteiger partial charge on any atom is -0.351 e. The van der Waals surface area contributed by atoms with Crippen molar-refractivity contribution in [3.63, 3.8) is 0 Å². The Kier molecular flexibility index (Phi) is 10.3. The summed E-state index contributed by atoms with van der Waals surface area (Å²) in [7, 11) is 0. The van der Waals surface area contributed by atoms with Crippen LogP contribution in [-0.4, -0.2) is 30.7 Å². The number of amidine groups is 1. The van der Waals surface area contributed by atoms with Crippen molar-refractivity contribution in [1.82, 2.24) is 10.6 Å². The van der Waals surface area contributed by atoms with Crippen LogP contribution in [0, 0.1) is 12.8 Å². The number of aliphatic imine (C=N–C) groups is 2. The summed E-state index contributed by atoms with van der Waals surface area (Å²) in [6, 6.07) is 9.19. The molecule has 184 valence electrons. The Morgan fingerprint density at radius 2 is 1.76 bits per heavy atom. The molecule has 0 spiro atoms. The Hall–Kier alpha value is -2.46. The Labute approximate surface area is 207 Å². The topological polar surface area (TPSA) is 48.8 Å². The van der Waals surface area contributed by atoms with Crippen LogP contribution in [0.25, 0.3) is 5.70 Å². The van der Waals surface area contributed by atoms with E-state index in [2.05, 4.69) is 81.7 Å². The maximum atomic E-state index is 5.25. The Morgan fingerprint density at radius 3 is 2.44 bits per heavy atom. The zero-order valence-electron chi connectivity index (χ0n) is 22.0. The highest BCUT2D eigenvalue weighted by Crippen LogP contribution is 2.28. The molecule has 0 aromatic heterocycles. The molecule has 0 amide bonds. The summed E-state index contributed by atoms with van der Waals surface area (Å²) < 4.78 is 0. The van der Waals surface area contributed by atoms with E-state index in [-0.39, 0.29) is 0 Å². The number of rotatable bonds is 7. The van der Waals surface area contributed by atoms with E-state index >= 15 is 0 Å². The van der Waals surface area contributed by atoms with Gasteiger partial charge in [0.15, 0.2) is 0 Å². The lowest BCUT2D eigenvalue weighted by molar-refractivity contribution is 0.442. The molecule has 4 heteroatoms. The van der Waals surface area contributed by atoms with E-state index in [1.165, 1.54) is 60.1 Å². The Balaban J connectivity index is 1.84. The van der Waals surface area contributed by atoms with Crippen LogP contribution in [0.3, 0.4) is 0 Å². The van der Waals surface area contributed by atoms with Crippen LogP contribution < -0.4 is 10.6 Å². The first-order valence-corrected chi connectivity index (χ1v) is 13.2. The first kappa shape index (κ1) is 26.2. The molecule has 2 fully saturated rings. The maximum Gasteiger partial charge on any atom is 0.0974 e.